The Morgan fingerprint density at radius 2 is 1.35 bits per heavy atom. The predicted octanol–water partition coefficient (Wildman–Crippen LogP) is 1.79. The van der Waals surface area contributed by atoms with Gasteiger partial charge in [-0.3, -0.25) is 0 Å². The number of hydrogen-bond acceptors (Lipinski definition) is 6. The van der Waals surface area contributed by atoms with Crippen molar-refractivity contribution in [1.29, 1.82) is 0 Å². The fraction of sp³-hybridized carbons (Fsp3) is 0. The van der Waals surface area contributed by atoms with Crippen molar-refractivity contribution in [2.75, 3.05) is 0 Å². The Balaban J connectivity index is 3.03. The maximum Gasteiger partial charge on any atom is 0.395 e. The second-order valence-electron chi connectivity index (χ2n) is 2.54. The normalized spacial score (nSPS) is 14.0. The molecule has 1 aromatic rings. The van der Waals surface area contributed by atoms with Crippen LogP contribution in [0.5, 0.6) is 17.2 Å². The minimum atomic E-state index is -3.24. The molecule has 1 rings (SSSR count). The van der Waals surface area contributed by atoms with Crippen LogP contribution in [0.4, 0.5) is 0 Å². The summed E-state index contributed by atoms with van der Waals surface area (Å²) in [7, 11) is -7.13. The summed E-state index contributed by atoms with van der Waals surface area (Å²) in [4.78, 5) is 17.1. The van der Waals surface area contributed by atoms with Crippen LogP contribution in [0.25, 0.3) is 0 Å². The Kier molecular flexibility index (Phi) is 5.62. The van der Waals surface area contributed by atoms with Gasteiger partial charge in [-0.2, -0.15) is 0 Å². The van der Waals surface area contributed by atoms with Crippen molar-refractivity contribution in [2.24, 2.45) is 0 Å². The second kappa shape index (κ2) is 6.74. The summed E-state index contributed by atoms with van der Waals surface area (Å²) < 4.78 is 44.7. The van der Waals surface area contributed by atoms with Crippen molar-refractivity contribution < 1.29 is 37.1 Å². The van der Waals surface area contributed by atoms with E-state index in [-0.39, 0.29) is 17.2 Å². The lowest BCUT2D eigenvalue weighted by atomic mass is 10.3. The summed E-state index contributed by atoms with van der Waals surface area (Å²) in [5.41, 5.74) is 0. The van der Waals surface area contributed by atoms with E-state index in [1.165, 1.54) is 12.1 Å². The van der Waals surface area contributed by atoms with Crippen LogP contribution in [0.15, 0.2) is 18.2 Å². The number of hydrogen-bond donors (Lipinski definition) is 2. The molecular weight excluding hydrogens is 293 g/mol. The molecule has 0 aliphatic heterocycles. The Morgan fingerprint density at radius 1 is 0.941 bits per heavy atom. The van der Waals surface area contributed by atoms with Crippen LogP contribution in [-0.2, 0) is 13.7 Å². The van der Waals surface area contributed by atoms with Crippen molar-refractivity contribution >= 4 is 25.2 Å². The molecule has 0 saturated carbocycles. The Bertz CT molecular complexity index is 426. The summed E-state index contributed by atoms with van der Waals surface area (Å²) >= 11 is 0. The topological polar surface area (TPSA) is 119 Å². The molecule has 0 aromatic heterocycles. The fourth-order valence-electron chi connectivity index (χ4n) is 0.961. The van der Waals surface area contributed by atoms with Crippen LogP contribution >= 0.6 is 25.2 Å². The molecule has 2 unspecified atom stereocenters. The van der Waals surface area contributed by atoms with Crippen LogP contribution in [0, 0.1) is 0 Å². The van der Waals surface area contributed by atoms with Gasteiger partial charge in [0.1, 0.15) is 17.2 Å². The molecule has 0 aliphatic carbocycles. The van der Waals surface area contributed by atoms with Gasteiger partial charge in [0.25, 0.3) is 0 Å². The van der Waals surface area contributed by atoms with E-state index in [2.05, 4.69) is 13.6 Å². The van der Waals surface area contributed by atoms with Gasteiger partial charge >= 0.3 is 25.2 Å². The quantitative estimate of drug-likeness (QED) is 0.763. The van der Waals surface area contributed by atoms with Gasteiger partial charge < -0.3 is 23.4 Å². The van der Waals surface area contributed by atoms with Gasteiger partial charge in [0.15, 0.2) is 0 Å². The summed E-state index contributed by atoms with van der Waals surface area (Å²) in [5.74, 6) is -0.243. The van der Waals surface area contributed by atoms with Gasteiger partial charge in [0, 0.05) is 18.2 Å². The van der Waals surface area contributed by atoms with Crippen LogP contribution in [0.1, 0.15) is 0 Å². The molecule has 94 valence electrons. The van der Waals surface area contributed by atoms with E-state index in [4.69, 9.17) is 9.79 Å². The first kappa shape index (κ1) is 14.2. The molecule has 11 heteroatoms. The standard InChI is InChI=1S/C6H7O8P3/c7-15-12-4-1-5(13-16(8)9)3-6(2-4)14-17(10)11/h1-3,16-17H,(H,8,9)(H,10,11). The molecule has 0 saturated heterocycles. The molecule has 0 aliphatic rings. The van der Waals surface area contributed by atoms with Gasteiger partial charge in [0.2, 0.25) is 0 Å². The van der Waals surface area contributed by atoms with Crippen molar-refractivity contribution in [3.8, 4) is 17.2 Å². The Hall–Kier alpha value is -0.900. The average Bonchev–Trinajstić information content (AvgIpc) is 2.14. The van der Waals surface area contributed by atoms with Crippen LogP contribution in [0.2, 0.25) is 0 Å². The third kappa shape index (κ3) is 5.31. The van der Waals surface area contributed by atoms with E-state index in [0.717, 1.165) is 6.07 Å². The highest BCUT2D eigenvalue weighted by atomic mass is 31.1. The molecule has 0 heterocycles. The average molecular weight is 300 g/mol. The summed E-state index contributed by atoms with van der Waals surface area (Å²) in [6.45, 7) is 0. The number of benzene rings is 1. The molecule has 0 amide bonds. The third-order valence-electron chi connectivity index (χ3n) is 1.41. The van der Waals surface area contributed by atoms with E-state index in [1.54, 1.807) is 0 Å². The molecule has 0 fully saturated rings. The van der Waals surface area contributed by atoms with Crippen LogP contribution in [-0.4, -0.2) is 9.79 Å². The zero-order valence-electron chi connectivity index (χ0n) is 8.02. The fourth-order valence-corrected chi connectivity index (χ4v) is 1.79. The Morgan fingerprint density at radius 3 is 1.71 bits per heavy atom. The van der Waals surface area contributed by atoms with E-state index < -0.39 is 25.2 Å². The highest BCUT2D eigenvalue weighted by Gasteiger charge is 2.07. The lowest BCUT2D eigenvalue weighted by molar-refractivity contribution is 0.403. The van der Waals surface area contributed by atoms with Crippen LogP contribution < -0.4 is 13.6 Å². The first-order valence-corrected chi connectivity index (χ1v) is 7.23. The van der Waals surface area contributed by atoms with Crippen molar-refractivity contribution in [1.82, 2.24) is 0 Å². The third-order valence-corrected chi connectivity index (χ3v) is 2.51. The lowest BCUT2D eigenvalue weighted by Gasteiger charge is -2.07. The van der Waals surface area contributed by atoms with Gasteiger partial charge in [0.05, 0.1) is 0 Å². The molecule has 0 spiro atoms. The van der Waals surface area contributed by atoms with Gasteiger partial charge in [-0.1, -0.05) is 0 Å². The smallest absolute Gasteiger partial charge is 0.395 e. The second-order valence-corrected chi connectivity index (χ2v) is 4.35. The zero-order valence-corrected chi connectivity index (χ0v) is 10.9. The molecular formula is C6H7O8P3. The maximum absolute atomic E-state index is 10.5. The molecule has 0 bridgehead atoms. The highest BCUT2D eigenvalue weighted by Crippen LogP contribution is 2.35. The largest absolute Gasteiger partial charge is 0.426 e. The van der Waals surface area contributed by atoms with E-state index >= 15 is 0 Å². The minimum Gasteiger partial charge on any atom is -0.426 e. The summed E-state index contributed by atoms with van der Waals surface area (Å²) in [6.07, 6.45) is 0. The monoisotopic (exact) mass is 300 g/mol. The number of rotatable bonds is 6. The van der Waals surface area contributed by atoms with E-state index in [1.807, 2.05) is 0 Å². The summed E-state index contributed by atoms with van der Waals surface area (Å²) in [6, 6.07) is 3.46. The molecule has 17 heavy (non-hydrogen) atoms. The predicted molar refractivity (Wildman–Crippen MR) is 58.4 cm³/mol. The Labute approximate surface area is 98.3 Å². The van der Waals surface area contributed by atoms with Gasteiger partial charge in [-0.15, -0.1) is 0 Å². The van der Waals surface area contributed by atoms with Crippen molar-refractivity contribution in [2.45, 2.75) is 0 Å². The van der Waals surface area contributed by atoms with Gasteiger partial charge in [-0.25, -0.2) is 13.7 Å². The minimum absolute atomic E-state index is 0.0133. The van der Waals surface area contributed by atoms with Gasteiger partial charge in [-0.05, 0) is 0 Å². The zero-order chi connectivity index (χ0) is 12.8. The lowest BCUT2D eigenvalue weighted by Crippen LogP contribution is -1.86. The highest BCUT2D eigenvalue weighted by molar-refractivity contribution is 7.32. The van der Waals surface area contributed by atoms with Crippen molar-refractivity contribution in [3.63, 3.8) is 0 Å². The molecule has 0 radical (unpaired) electrons. The molecule has 8 nitrogen and oxygen atoms in total. The maximum atomic E-state index is 10.5. The SMILES string of the molecule is O=POc1cc(O[PH](=O)O)cc(O[PH](=O)O)c1. The van der Waals surface area contributed by atoms with E-state index in [9.17, 15) is 13.7 Å². The van der Waals surface area contributed by atoms with E-state index in [0.29, 0.717) is 0 Å². The first-order valence-electron chi connectivity index (χ1n) is 3.97. The first-order chi connectivity index (χ1) is 8.01. The van der Waals surface area contributed by atoms with Crippen LogP contribution in [0.3, 0.4) is 0 Å². The summed E-state index contributed by atoms with van der Waals surface area (Å²) in [5, 5.41) is 0. The molecule has 2 atom stereocenters. The van der Waals surface area contributed by atoms with Crippen molar-refractivity contribution in [3.05, 3.63) is 18.2 Å². The molecule has 1 aromatic carbocycles. The molecule has 2 N–H and O–H groups in total.